The first kappa shape index (κ1) is 13.4. The molecule has 0 bridgehead atoms. The fourth-order valence-corrected chi connectivity index (χ4v) is 6.34. The van der Waals surface area contributed by atoms with Crippen molar-refractivity contribution in [3.8, 4) is 0 Å². The Morgan fingerprint density at radius 3 is 2.83 bits per heavy atom. The highest BCUT2D eigenvalue weighted by molar-refractivity contribution is 9.13. The molecule has 18 heavy (non-hydrogen) atoms. The molecule has 3 heterocycles. The van der Waals surface area contributed by atoms with Gasteiger partial charge in [-0.05, 0) is 55.7 Å². The van der Waals surface area contributed by atoms with Crippen LogP contribution in [0.5, 0.6) is 0 Å². The van der Waals surface area contributed by atoms with Crippen molar-refractivity contribution in [2.45, 2.75) is 12.2 Å². The summed E-state index contributed by atoms with van der Waals surface area (Å²) in [7, 11) is 0. The fraction of sp³-hybridized carbons (Fsp3) is 0.250. The van der Waals surface area contributed by atoms with Crippen LogP contribution in [0.4, 0.5) is 0 Å². The van der Waals surface area contributed by atoms with Crippen molar-refractivity contribution in [3.63, 3.8) is 0 Å². The van der Waals surface area contributed by atoms with E-state index >= 15 is 0 Å². The molecule has 0 amide bonds. The van der Waals surface area contributed by atoms with E-state index in [1.807, 2.05) is 17.1 Å². The van der Waals surface area contributed by atoms with Crippen molar-refractivity contribution in [2.24, 2.45) is 0 Å². The summed E-state index contributed by atoms with van der Waals surface area (Å²) in [5.74, 6) is 2.37. The molecule has 0 saturated carbocycles. The summed E-state index contributed by atoms with van der Waals surface area (Å²) >= 11 is 12.0. The summed E-state index contributed by atoms with van der Waals surface area (Å²) in [5.41, 5.74) is 1.35. The van der Waals surface area contributed by atoms with Gasteiger partial charge in [0.2, 0.25) is 5.78 Å². The SMILES string of the molecule is O=C(c1cc2c(s1)CCSC2)c1scc(Br)c1Br. The molecule has 94 valence electrons. The Hall–Kier alpha value is 0.380. The molecule has 0 atom stereocenters. The summed E-state index contributed by atoms with van der Waals surface area (Å²) in [6.07, 6.45) is 1.10. The first-order valence-electron chi connectivity index (χ1n) is 5.33. The van der Waals surface area contributed by atoms with E-state index in [0.29, 0.717) is 0 Å². The summed E-state index contributed by atoms with van der Waals surface area (Å²) in [4.78, 5) is 15.5. The molecule has 3 rings (SSSR count). The smallest absolute Gasteiger partial charge is 0.214 e. The van der Waals surface area contributed by atoms with Gasteiger partial charge in [0, 0.05) is 20.5 Å². The molecule has 2 aromatic rings. The lowest BCUT2D eigenvalue weighted by atomic mass is 10.2. The van der Waals surface area contributed by atoms with E-state index in [0.717, 1.165) is 30.9 Å². The van der Waals surface area contributed by atoms with E-state index < -0.39 is 0 Å². The minimum Gasteiger partial charge on any atom is -0.287 e. The molecule has 0 unspecified atom stereocenters. The molecular weight excluding hydrogens is 416 g/mol. The highest BCUT2D eigenvalue weighted by atomic mass is 79.9. The van der Waals surface area contributed by atoms with E-state index in [4.69, 9.17) is 0 Å². The van der Waals surface area contributed by atoms with Crippen LogP contribution in [0.25, 0.3) is 0 Å². The van der Waals surface area contributed by atoms with Crippen molar-refractivity contribution >= 4 is 72.1 Å². The van der Waals surface area contributed by atoms with Crippen LogP contribution in [-0.2, 0) is 12.2 Å². The van der Waals surface area contributed by atoms with E-state index in [1.165, 1.54) is 27.5 Å². The number of halogens is 2. The Kier molecular flexibility index (Phi) is 4.01. The Bertz CT molecular complexity index is 591. The van der Waals surface area contributed by atoms with E-state index in [-0.39, 0.29) is 5.78 Å². The predicted octanol–water partition coefficient (Wildman–Crippen LogP) is 5.35. The zero-order valence-electron chi connectivity index (χ0n) is 9.16. The van der Waals surface area contributed by atoms with Gasteiger partial charge in [-0.3, -0.25) is 4.79 Å². The minimum absolute atomic E-state index is 0.141. The van der Waals surface area contributed by atoms with Gasteiger partial charge in [0.1, 0.15) is 0 Å². The average molecular weight is 424 g/mol. The van der Waals surface area contributed by atoms with Gasteiger partial charge in [0.15, 0.2) is 0 Å². The molecule has 1 aliphatic rings. The monoisotopic (exact) mass is 422 g/mol. The van der Waals surface area contributed by atoms with Gasteiger partial charge in [-0.1, -0.05) is 0 Å². The standard InChI is InChI=1S/C12H8Br2OS3/c13-7-5-17-12(10(7)14)11(15)9-3-6-4-16-2-1-8(6)18-9/h3,5H,1-2,4H2. The van der Waals surface area contributed by atoms with Crippen molar-refractivity contribution in [2.75, 3.05) is 5.75 Å². The molecule has 0 N–H and O–H groups in total. The Morgan fingerprint density at radius 1 is 1.33 bits per heavy atom. The topological polar surface area (TPSA) is 17.1 Å². The predicted molar refractivity (Wildman–Crippen MR) is 87.3 cm³/mol. The van der Waals surface area contributed by atoms with Crippen LogP contribution in [-0.4, -0.2) is 11.5 Å². The van der Waals surface area contributed by atoms with Crippen molar-refractivity contribution in [1.82, 2.24) is 0 Å². The molecule has 6 heteroatoms. The van der Waals surface area contributed by atoms with E-state index in [1.54, 1.807) is 11.3 Å². The van der Waals surface area contributed by atoms with Gasteiger partial charge in [0.05, 0.1) is 14.2 Å². The Morgan fingerprint density at radius 2 is 2.17 bits per heavy atom. The number of hydrogen-bond donors (Lipinski definition) is 0. The first-order valence-corrected chi connectivity index (χ1v) is 9.77. The van der Waals surface area contributed by atoms with Crippen molar-refractivity contribution < 1.29 is 4.79 Å². The molecule has 2 aromatic heterocycles. The second-order valence-electron chi connectivity index (χ2n) is 3.92. The molecule has 1 aliphatic heterocycles. The summed E-state index contributed by atoms with van der Waals surface area (Å²) in [5, 5.41) is 1.95. The Labute approximate surface area is 134 Å². The van der Waals surface area contributed by atoms with Crippen LogP contribution in [0.15, 0.2) is 20.4 Å². The lowest BCUT2D eigenvalue weighted by Gasteiger charge is -2.08. The van der Waals surface area contributed by atoms with Crippen LogP contribution in [0.2, 0.25) is 0 Å². The van der Waals surface area contributed by atoms with Crippen LogP contribution in [0.3, 0.4) is 0 Å². The highest BCUT2D eigenvalue weighted by Crippen LogP contribution is 2.37. The van der Waals surface area contributed by atoms with Crippen molar-refractivity contribution in [1.29, 1.82) is 0 Å². The minimum atomic E-state index is 0.141. The van der Waals surface area contributed by atoms with Crippen LogP contribution >= 0.6 is 66.3 Å². The number of carbonyl (C=O) groups excluding carboxylic acids is 1. The molecule has 0 spiro atoms. The zero-order chi connectivity index (χ0) is 12.7. The normalized spacial score (nSPS) is 14.6. The van der Waals surface area contributed by atoms with Gasteiger partial charge in [-0.15, -0.1) is 22.7 Å². The summed E-state index contributed by atoms with van der Waals surface area (Å²) < 4.78 is 1.82. The largest absolute Gasteiger partial charge is 0.287 e. The molecule has 0 aromatic carbocycles. The summed E-state index contributed by atoms with van der Waals surface area (Å²) in [6.45, 7) is 0. The van der Waals surface area contributed by atoms with Gasteiger partial charge < -0.3 is 0 Å². The third-order valence-electron chi connectivity index (χ3n) is 2.75. The van der Waals surface area contributed by atoms with Crippen LogP contribution in [0.1, 0.15) is 25.0 Å². The van der Waals surface area contributed by atoms with Gasteiger partial charge in [-0.2, -0.15) is 11.8 Å². The maximum Gasteiger partial charge on any atom is 0.214 e. The molecule has 1 nitrogen and oxygen atoms in total. The van der Waals surface area contributed by atoms with Gasteiger partial charge in [-0.25, -0.2) is 0 Å². The number of rotatable bonds is 2. The third-order valence-corrected chi connectivity index (χ3v) is 8.52. The lowest BCUT2D eigenvalue weighted by molar-refractivity contribution is 0.104. The van der Waals surface area contributed by atoms with E-state index in [9.17, 15) is 4.79 Å². The molecule has 0 aliphatic carbocycles. The van der Waals surface area contributed by atoms with Gasteiger partial charge >= 0.3 is 0 Å². The first-order chi connectivity index (χ1) is 8.66. The maximum atomic E-state index is 12.5. The zero-order valence-corrected chi connectivity index (χ0v) is 14.8. The number of ketones is 1. The molecular formula is C12H8Br2OS3. The average Bonchev–Trinajstić information content (AvgIpc) is 2.94. The molecule has 0 fully saturated rings. The van der Waals surface area contributed by atoms with E-state index in [2.05, 4.69) is 37.9 Å². The lowest BCUT2D eigenvalue weighted by Crippen LogP contribution is -1.96. The van der Waals surface area contributed by atoms with Gasteiger partial charge in [0.25, 0.3) is 0 Å². The number of hydrogen-bond acceptors (Lipinski definition) is 4. The fourth-order valence-electron chi connectivity index (χ4n) is 1.85. The number of thiophene rings is 2. The Balaban J connectivity index is 1.97. The third kappa shape index (κ3) is 2.38. The number of thioether (sulfide) groups is 1. The number of aryl methyl sites for hydroxylation is 1. The van der Waals surface area contributed by atoms with Crippen LogP contribution in [0, 0.1) is 0 Å². The summed E-state index contributed by atoms with van der Waals surface area (Å²) in [6, 6.07) is 2.08. The quantitative estimate of drug-likeness (QED) is 0.605. The van der Waals surface area contributed by atoms with Crippen LogP contribution < -0.4 is 0 Å². The highest BCUT2D eigenvalue weighted by Gasteiger charge is 2.21. The second-order valence-corrected chi connectivity index (χ2v) is 8.69. The maximum absolute atomic E-state index is 12.5. The number of fused-ring (bicyclic) bond motifs is 1. The molecule has 0 radical (unpaired) electrons. The molecule has 0 saturated heterocycles. The second kappa shape index (κ2) is 5.40. The number of carbonyl (C=O) groups is 1. The van der Waals surface area contributed by atoms with Crippen molar-refractivity contribution in [3.05, 3.63) is 40.6 Å².